The molecule has 34 nitrogen and oxygen atoms in total. The van der Waals surface area contributed by atoms with Crippen molar-refractivity contribution >= 4 is 157 Å². The Bertz CT molecular complexity index is 8730. The molecule has 24 aromatic rings. The van der Waals surface area contributed by atoms with E-state index in [-0.39, 0.29) is 17.2 Å². The van der Waals surface area contributed by atoms with Gasteiger partial charge in [-0.3, -0.25) is 79.7 Å². The molecule has 2 amide bonds. The molecule has 0 radical (unpaired) electrons. The summed E-state index contributed by atoms with van der Waals surface area (Å²) in [5.74, 6) is 2.67. The van der Waals surface area contributed by atoms with Crippen LogP contribution in [0.1, 0.15) is 90.2 Å². The van der Waals surface area contributed by atoms with Gasteiger partial charge in [0, 0.05) is 179 Å². The van der Waals surface area contributed by atoms with Crippen molar-refractivity contribution in [2.75, 3.05) is 36.8 Å². The maximum atomic E-state index is 12.4. The Morgan fingerprint density at radius 2 is 0.629 bits per heavy atom. The molecule has 0 unspecified atom stereocenters. The third kappa shape index (κ3) is 19.3. The zero-order chi connectivity index (χ0) is 96.4. The van der Waals surface area contributed by atoms with E-state index in [2.05, 4.69) is 222 Å². The molecular weight excluding hydrogens is 1870 g/mol. The molecule has 2 aliphatic heterocycles. The number of pyridine rings is 12. The maximum Gasteiger partial charge on any atom is 0.224 e. The van der Waals surface area contributed by atoms with Gasteiger partial charge in [-0.15, -0.1) is 0 Å². The predicted octanol–water partition coefficient (Wildman–Crippen LogP) is 22.4. The normalized spacial score (nSPS) is 13.1. The molecular formula is C105H90N32O2S4. The molecule has 0 saturated carbocycles. The summed E-state index contributed by atoms with van der Waals surface area (Å²) >= 11 is 6.60. The number of carbonyl (C=O) groups is 2. The van der Waals surface area contributed by atoms with Crippen LogP contribution in [0.25, 0.3) is 223 Å². The first-order valence-corrected chi connectivity index (χ1v) is 50.6. The van der Waals surface area contributed by atoms with E-state index in [1.54, 1.807) is 94.9 Å². The lowest BCUT2D eigenvalue weighted by molar-refractivity contribution is -0.118. The average molecular weight is 1960 g/mol. The van der Waals surface area contributed by atoms with Crippen molar-refractivity contribution in [2.45, 2.75) is 92.2 Å². The highest BCUT2D eigenvalue weighted by Gasteiger charge is 2.26. The van der Waals surface area contributed by atoms with Crippen LogP contribution in [-0.2, 0) is 22.7 Å². The molecule has 24 aromatic heterocycles. The zero-order valence-corrected chi connectivity index (χ0v) is 81.0. The molecule has 0 atom stereocenters. The summed E-state index contributed by atoms with van der Waals surface area (Å²) in [6.45, 7) is 14.6. The summed E-state index contributed by atoms with van der Waals surface area (Å²) < 4.78 is 0. The third-order valence-corrected chi connectivity index (χ3v) is 27.8. The molecule has 26 heterocycles. The molecule has 706 valence electrons. The van der Waals surface area contributed by atoms with Crippen LogP contribution in [-0.4, -0.2) is 188 Å². The van der Waals surface area contributed by atoms with E-state index < -0.39 is 0 Å². The van der Waals surface area contributed by atoms with Gasteiger partial charge in [0.2, 0.25) is 11.8 Å². The van der Waals surface area contributed by atoms with Crippen LogP contribution in [0, 0.1) is 5.41 Å². The van der Waals surface area contributed by atoms with E-state index in [0.29, 0.717) is 70.1 Å². The number of nitrogens with one attached hydrogen (secondary N) is 10. The van der Waals surface area contributed by atoms with E-state index in [1.807, 2.05) is 137 Å². The van der Waals surface area contributed by atoms with Gasteiger partial charge in [0.1, 0.15) is 44.8 Å². The van der Waals surface area contributed by atoms with Crippen molar-refractivity contribution in [1.29, 1.82) is 0 Å². The summed E-state index contributed by atoms with van der Waals surface area (Å²) in [5.41, 5.74) is 32.0. The quantitative estimate of drug-likeness (QED) is 0.0319. The smallest absolute Gasteiger partial charge is 0.224 e. The SMILES string of the molecule is CC(C)(C)CC(=O)Nc1cncc(-c2cnc3n[nH]c(-c4nc5c(-c6ccsc6)cncc5[nH]4)c3c2)c1.CCCC(=O)Nc1cncc(-c2cnc3n[nH]c(-c4nc5c(-c6ccsc6)cncc5[nH]4)c3c2)c1.c1cc(-c2cncc3[nH]c(-c4[nH]nc5ncc(-c6cncc(CN7CCCC7)c6)cc45)nc23)cs1.c1cc(-c2cncc3[nH]c(-c4[nH]nc5ncc(-c6cncc(CN7CCCCC7)c6)cc45)nc23)cs1. The molecule has 10 N–H and O–H groups in total. The highest BCUT2D eigenvalue weighted by molar-refractivity contribution is 7.09. The van der Waals surface area contributed by atoms with Crippen molar-refractivity contribution in [3.05, 3.63) is 251 Å². The lowest BCUT2D eigenvalue weighted by atomic mass is 9.92. The monoisotopic (exact) mass is 1960 g/mol. The van der Waals surface area contributed by atoms with Gasteiger partial charge in [-0.2, -0.15) is 65.7 Å². The summed E-state index contributed by atoms with van der Waals surface area (Å²) in [6.07, 6.45) is 44.4. The fraction of sp³-hybridized carbons (Fsp3) is 0.181. The van der Waals surface area contributed by atoms with E-state index >= 15 is 0 Å². The van der Waals surface area contributed by atoms with Crippen LogP contribution >= 0.6 is 45.3 Å². The molecule has 0 spiro atoms. The van der Waals surface area contributed by atoms with Gasteiger partial charge in [-0.25, -0.2) is 39.9 Å². The number of anilines is 2. The standard InChI is InChI=1S/C27H24N8OS.C27H24N8S.C26H22N8S.C25H20N8OS/c1-27(2,3)8-22(36)31-18-6-16(9-28-11-18)17-7-19-24(34-35-25(19)30-10-17)26-32-21-13-29-12-20(23(21)33-26)15-4-5-37-14-15;1-2-5-35(6-3-1)15-17-8-19(11-28-10-17)20-9-21-25(33-34-26(21)30-12-20)27-31-23-14-29-13-22(24(23)32-27)18-4-7-36-16-18;1-2-5-34(4-1)14-16-7-18(10-27-9-16)19-8-20-24(32-33-25(20)29-11-19)26-30-22-13-28-12-21(23(22)31-26)17-3-6-35-15-17;1-2-3-21(34)29-17-6-15(8-26-10-17)16-7-18-23(32-33-24(18)28-9-16)25-30-20-12-27-11-19(22(20)31-25)14-4-5-35-13-14/h4-7,9-14H,8H2,1-3H3,(H,31,36)(H,32,33)(H,30,34,35);4,7-14,16H,1-3,5-6,15H2,(H,31,32)(H,30,33,34);3,6-13,15H,1-2,4-5,14H2,(H,30,31)(H,29,32,33);4-13H,2-3H2,1H3,(H,29,34)(H,30,31)(H,28,32,33). The molecule has 0 bridgehead atoms. The number of likely N-dealkylation sites (tertiary alicyclic amines) is 2. The van der Waals surface area contributed by atoms with Crippen molar-refractivity contribution in [3.8, 4) is 135 Å². The Morgan fingerprint density at radius 3 is 0.937 bits per heavy atom. The van der Waals surface area contributed by atoms with Gasteiger partial charge in [-0.05, 0) is 213 Å². The van der Waals surface area contributed by atoms with E-state index in [1.165, 1.54) is 43.2 Å². The van der Waals surface area contributed by atoms with Gasteiger partial charge in [0.25, 0.3) is 0 Å². The molecule has 38 heteroatoms. The zero-order valence-electron chi connectivity index (χ0n) is 77.8. The molecule has 2 fully saturated rings. The number of aromatic nitrogens is 28. The number of hydrogen-bond donors (Lipinski definition) is 10. The number of aromatic amines is 8. The lowest BCUT2D eigenvalue weighted by Crippen LogP contribution is -2.29. The second-order valence-corrected chi connectivity index (χ2v) is 39.6. The first kappa shape index (κ1) is 90.1. The minimum absolute atomic E-state index is 0.0293. The number of imidazole rings is 4. The molecule has 0 aromatic carbocycles. The van der Waals surface area contributed by atoms with Crippen LogP contribution in [0.4, 0.5) is 11.4 Å². The molecule has 0 aliphatic carbocycles. The molecule has 2 aliphatic rings. The number of piperidine rings is 1. The Hall–Kier alpha value is -16.8. The molecule has 2 saturated heterocycles. The lowest BCUT2D eigenvalue weighted by Gasteiger charge is -2.26. The molecule has 26 rings (SSSR count). The van der Waals surface area contributed by atoms with Gasteiger partial charge >= 0.3 is 0 Å². The summed E-state index contributed by atoms with van der Waals surface area (Å²) in [7, 11) is 0. The fourth-order valence-electron chi connectivity index (χ4n) is 18.2. The Labute approximate surface area is 831 Å². The summed E-state index contributed by atoms with van der Waals surface area (Å²) in [4.78, 5) is 116. The minimum atomic E-state index is -0.0983. The Balaban J connectivity index is 0.000000106. The van der Waals surface area contributed by atoms with Crippen LogP contribution in [0.15, 0.2) is 240 Å². The predicted molar refractivity (Wildman–Crippen MR) is 563 cm³/mol. The average Bonchev–Trinajstić information content (AvgIpc) is 1.63. The van der Waals surface area contributed by atoms with Crippen LogP contribution in [0.5, 0.6) is 0 Å². The first-order valence-electron chi connectivity index (χ1n) is 46.8. The topological polar surface area (TPSA) is 449 Å². The first-order chi connectivity index (χ1) is 70.2. The van der Waals surface area contributed by atoms with Gasteiger partial charge in [0.05, 0.1) is 92.2 Å². The van der Waals surface area contributed by atoms with E-state index in [0.717, 1.165) is 223 Å². The second-order valence-electron chi connectivity index (χ2n) is 36.5. The van der Waals surface area contributed by atoms with Gasteiger partial charge < -0.3 is 30.6 Å². The largest absolute Gasteiger partial charge is 0.335 e. The number of thiophene rings is 4. The number of hydrogen-bond acceptors (Lipinski definition) is 28. The summed E-state index contributed by atoms with van der Waals surface area (Å²) in [5, 5.41) is 56.0. The van der Waals surface area contributed by atoms with Crippen molar-refractivity contribution in [1.82, 2.24) is 150 Å². The van der Waals surface area contributed by atoms with Crippen LogP contribution in [0.3, 0.4) is 0 Å². The number of carbonyl (C=O) groups excluding carboxylic acids is 2. The van der Waals surface area contributed by atoms with Crippen LogP contribution < -0.4 is 10.6 Å². The van der Waals surface area contributed by atoms with E-state index in [4.69, 9.17) is 19.9 Å². The Morgan fingerprint density at radius 1 is 0.336 bits per heavy atom. The van der Waals surface area contributed by atoms with E-state index in [9.17, 15) is 9.59 Å². The van der Waals surface area contributed by atoms with Crippen molar-refractivity contribution in [2.24, 2.45) is 5.41 Å². The highest BCUT2D eigenvalue weighted by atomic mass is 32.1. The summed E-state index contributed by atoms with van der Waals surface area (Å²) in [6, 6.07) is 24.8. The van der Waals surface area contributed by atoms with Crippen molar-refractivity contribution in [3.63, 3.8) is 0 Å². The Kier molecular flexibility index (Phi) is 24.9. The number of amides is 2. The fourth-order valence-corrected chi connectivity index (χ4v) is 20.8. The number of rotatable bonds is 21. The third-order valence-electron chi connectivity index (χ3n) is 25.1. The second kappa shape index (κ2) is 39.5. The number of nitrogens with zero attached hydrogens (tertiary/aromatic N) is 22. The van der Waals surface area contributed by atoms with Gasteiger partial charge in [0.15, 0.2) is 45.9 Å². The molecule has 143 heavy (non-hydrogen) atoms. The number of fused-ring (bicyclic) bond motifs is 8. The van der Waals surface area contributed by atoms with Crippen LogP contribution in [0.2, 0.25) is 0 Å². The maximum absolute atomic E-state index is 12.4. The van der Waals surface area contributed by atoms with Gasteiger partial charge in [-0.1, -0.05) is 34.1 Å². The van der Waals surface area contributed by atoms with Crippen molar-refractivity contribution < 1.29 is 9.59 Å². The number of H-pyrrole nitrogens is 8. The highest BCUT2D eigenvalue weighted by Crippen LogP contribution is 2.41. The minimum Gasteiger partial charge on any atom is -0.335 e.